The Labute approximate surface area is 147 Å². The zero-order valence-corrected chi connectivity index (χ0v) is 14.8. The van der Waals surface area contributed by atoms with Crippen LogP contribution in [0.3, 0.4) is 0 Å². The van der Waals surface area contributed by atoms with Crippen molar-refractivity contribution >= 4 is 33.9 Å². The molecule has 0 spiro atoms. The second kappa shape index (κ2) is 12.9. The van der Waals surface area contributed by atoms with Gasteiger partial charge >= 0.3 is 5.97 Å². The molecule has 1 aromatic rings. The maximum Gasteiger partial charge on any atom is 0.321 e. The summed E-state index contributed by atoms with van der Waals surface area (Å²) in [5, 5.41) is 9.04. The first-order chi connectivity index (χ1) is 11.4. The Kier molecular flexibility index (Phi) is 12.1. The number of aliphatic carboxylic acids is 1. The van der Waals surface area contributed by atoms with Crippen molar-refractivity contribution in [3.63, 3.8) is 0 Å². The molecule has 4 N–H and O–H groups in total. The lowest BCUT2D eigenvalue weighted by Crippen LogP contribution is -2.41. The van der Waals surface area contributed by atoms with E-state index in [-0.39, 0.29) is 18.1 Å². The largest absolute Gasteiger partial charge is 0.480 e. The Bertz CT molecular complexity index is 581. The van der Waals surface area contributed by atoms with E-state index >= 15 is 0 Å². The fourth-order valence-corrected chi connectivity index (χ4v) is 3.14. The molecular weight excluding hydrogens is 356 g/mol. The van der Waals surface area contributed by atoms with Crippen LogP contribution >= 0.6 is 11.6 Å². The molecule has 0 aliphatic rings. The molecule has 136 valence electrons. The van der Waals surface area contributed by atoms with Crippen molar-refractivity contribution < 1.29 is 23.1 Å². The van der Waals surface area contributed by atoms with Crippen LogP contribution in [0.1, 0.15) is 24.8 Å². The van der Waals surface area contributed by atoms with Crippen LogP contribution in [0.4, 0.5) is 0 Å². The van der Waals surface area contributed by atoms with Gasteiger partial charge in [-0.05, 0) is 24.9 Å². The maximum absolute atomic E-state index is 11.9. The summed E-state index contributed by atoms with van der Waals surface area (Å²) in [6.45, 7) is 0.461. The number of benzene rings is 1. The first kappa shape index (κ1) is 22.5. The van der Waals surface area contributed by atoms with Crippen molar-refractivity contribution in [1.82, 2.24) is 4.72 Å². The third-order valence-corrected chi connectivity index (χ3v) is 4.31. The summed E-state index contributed by atoms with van der Waals surface area (Å²) in [4.78, 5) is 20.1. The number of aldehydes is 1. The molecule has 0 aliphatic heterocycles. The molecule has 0 saturated heterocycles. The van der Waals surface area contributed by atoms with Gasteiger partial charge in [0.15, 0.2) is 0 Å². The Balaban J connectivity index is 0.00000118. The number of carbonyl (C=O) groups is 2. The normalized spacial score (nSPS) is 11.9. The Morgan fingerprint density at radius 1 is 1.29 bits per heavy atom. The van der Waals surface area contributed by atoms with Gasteiger partial charge < -0.3 is 15.6 Å². The number of hydrogen-bond donors (Lipinski definition) is 3. The van der Waals surface area contributed by atoms with Gasteiger partial charge in [-0.25, -0.2) is 13.1 Å². The minimum Gasteiger partial charge on any atom is -0.480 e. The van der Waals surface area contributed by atoms with E-state index in [1.807, 2.05) is 0 Å². The maximum atomic E-state index is 11.9. The zero-order valence-electron chi connectivity index (χ0n) is 13.2. The predicted octanol–water partition coefficient (Wildman–Crippen LogP) is 1.11. The molecular formula is C15H23ClN2O5S. The van der Waals surface area contributed by atoms with Crippen molar-refractivity contribution in [3.05, 3.63) is 35.9 Å². The van der Waals surface area contributed by atoms with Gasteiger partial charge in [-0.15, -0.1) is 11.6 Å². The van der Waals surface area contributed by atoms with E-state index in [1.54, 1.807) is 30.3 Å². The number of carbonyl (C=O) groups excluding carboxylic acids is 1. The smallest absolute Gasteiger partial charge is 0.321 e. The highest BCUT2D eigenvalue weighted by Crippen LogP contribution is 2.07. The fourth-order valence-electron chi connectivity index (χ4n) is 1.78. The van der Waals surface area contributed by atoms with E-state index in [4.69, 9.17) is 27.2 Å². The van der Waals surface area contributed by atoms with Crippen LogP contribution in [-0.2, 0) is 25.4 Å². The van der Waals surface area contributed by atoms with Crippen molar-refractivity contribution in [2.24, 2.45) is 5.73 Å². The average Bonchev–Trinajstić information content (AvgIpc) is 2.54. The Morgan fingerprint density at radius 3 is 2.33 bits per heavy atom. The molecule has 0 heterocycles. The highest BCUT2D eigenvalue weighted by molar-refractivity contribution is 7.88. The summed E-state index contributed by atoms with van der Waals surface area (Å²) in [5.41, 5.74) is 5.95. The minimum atomic E-state index is -3.68. The molecule has 24 heavy (non-hydrogen) atoms. The molecule has 1 aromatic carbocycles. The quantitative estimate of drug-likeness (QED) is 0.318. The lowest BCUT2D eigenvalue weighted by Gasteiger charge is -2.14. The van der Waals surface area contributed by atoms with Gasteiger partial charge in [-0.2, -0.15) is 0 Å². The second-order valence-corrected chi connectivity index (χ2v) is 6.92. The Morgan fingerprint density at radius 2 is 1.88 bits per heavy atom. The third kappa shape index (κ3) is 11.1. The number of halogens is 1. The molecule has 0 saturated carbocycles. The van der Waals surface area contributed by atoms with E-state index in [0.717, 1.165) is 0 Å². The predicted molar refractivity (Wildman–Crippen MR) is 93.3 cm³/mol. The summed E-state index contributed by atoms with van der Waals surface area (Å²) >= 11 is 4.82. The second-order valence-electron chi connectivity index (χ2n) is 4.86. The number of alkyl halides is 1. The van der Waals surface area contributed by atoms with Crippen molar-refractivity contribution in [3.8, 4) is 0 Å². The van der Waals surface area contributed by atoms with Gasteiger partial charge in [0.1, 0.15) is 12.3 Å². The summed E-state index contributed by atoms with van der Waals surface area (Å²) in [6, 6.07) is 7.53. The number of hydrogen-bond acceptors (Lipinski definition) is 5. The zero-order chi connectivity index (χ0) is 18.4. The number of unbranched alkanes of at least 4 members (excludes halogenated alkanes) is 1. The summed E-state index contributed by atoms with van der Waals surface area (Å²) in [5.74, 6) is -1.28. The molecule has 0 radical (unpaired) electrons. The third-order valence-electron chi connectivity index (χ3n) is 2.83. The van der Waals surface area contributed by atoms with Crippen LogP contribution in [0.25, 0.3) is 0 Å². The summed E-state index contributed by atoms with van der Waals surface area (Å²) in [6.07, 6.45) is 2.12. The van der Waals surface area contributed by atoms with Crippen molar-refractivity contribution in [2.45, 2.75) is 31.1 Å². The highest BCUT2D eigenvalue weighted by atomic mass is 35.5. The topological polar surface area (TPSA) is 127 Å². The van der Waals surface area contributed by atoms with Crippen molar-refractivity contribution in [1.29, 1.82) is 0 Å². The Hall–Kier alpha value is -1.48. The number of nitrogens with one attached hydrogen (secondary N) is 1. The van der Waals surface area contributed by atoms with Crippen LogP contribution in [0, 0.1) is 0 Å². The first-order valence-electron chi connectivity index (χ1n) is 7.32. The number of carboxylic acid groups (broad SMARTS) is 1. The molecule has 0 aliphatic carbocycles. The van der Waals surface area contributed by atoms with Crippen LogP contribution in [0.2, 0.25) is 0 Å². The molecule has 0 amide bonds. The SMILES string of the molecule is NCCCCC(NS(=O)(=O)Cc1ccccc1)C(=O)O.O=CCCl. The van der Waals surface area contributed by atoms with E-state index in [2.05, 4.69) is 4.72 Å². The molecule has 7 nitrogen and oxygen atoms in total. The summed E-state index contributed by atoms with van der Waals surface area (Å²) < 4.78 is 26.1. The molecule has 0 aromatic heterocycles. The van der Waals surface area contributed by atoms with Crippen LogP contribution < -0.4 is 10.5 Å². The van der Waals surface area contributed by atoms with Gasteiger partial charge in [0.05, 0.1) is 11.6 Å². The number of carboxylic acids is 1. The van der Waals surface area contributed by atoms with E-state index < -0.39 is 22.0 Å². The minimum absolute atomic E-state index is 0.111. The monoisotopic (exact) mass is 378 g/mol. The van der Waals surface area contributed by atoms with Gasteiger partial charge in [-0.1, -0.05) is 36.8 Å². The molecule has 0 bridgehead atoms. The fraction of sp³-hybridized carbons (Fsp3) is 0.467. The van der Waals surface area contributed by atoms with Crippen LogP contribution in [0.15, 0.2) is 30.3 Å². The molecule has 9 heteroatoms. The van der Waals surface area contributed by atoms with E-state index in [9.17, 15) is 13.2 Å². The average molecular weight is 379 g/mol. The highest BCUT2D eigenvalue weighted by Gasteiger charge is 2.23. The molecule has 1 atom stereocenters. The number of rotatable bonds is 10. The molecule has 1 rings (SSSR count). The van der Waals surface area contributed by atoms with Crippen LogP contribution in [0.5, 0.6) is 0 Å². The standard InChI is InChI=1S/C13H20N2O4S.C2H3ClO/c14-9-5-4-8-12(13(16)17)15-20(18,19)10-11-6-2-1-3-7-11;3-1-2-4/h1-3,6-7,12,15H,4-5,8-10,14H2,(H,16,17);2H,1H2. The molecule has 0 fully saturated rings. The van der Waals surface area contributed by atoms with E-state index in [0.29, 0.717) is 31.2 Å². The molecule has 1 unspecified atom stereocenters. The lowest BCUT2D eigenvalue weighted by atomic mass is 10.1. The van der Waals surface area contributed by atoms with Gasteiger partial charge in [-0.3, -0.25) is 4.79 Å². The van der Waals surface area contributed by atoms with Crippen LogP contribution in [-0.4, -0.2) is 44.2 Å². The van der Waals surface area contributed by atoms with Crippen molar-refractivity contribution in [2.75, 3.05) is 12.4 Å². The number of nitrogens with two attached hydrogens (primary N) is 1. The summed E-state index contributed by atoms with van der Waals surface area (Å²) in [7, 11) is -3.68. The van der Waals surface area contributed by atoms with Gasteiger partial charge in [0.25, 0.3) is 0 Å². The van der Waals surface area contributed by atoms with Gasteiger partial charge in [0.2, 0.25) is 10.0 Å². The number of sulfonamides is 1. The van der Waals surface area contributed by atoms with E-state index in [1.165, 1.54) is 0 Å². The first-order valence-corrected chi connectivity index (χ1v) is 9.51. The lowest BCUT2D eigenvalue weighted by molar-refractivity contribution is -0.139. The van der Waals surface area contributed by atoms with Gasteiger partial charge in [0, 0.05) is 0 Å².